The first kappa shape index (κ1) is 14.2. The van der Waals surface area contributed by atoms with E-state index in [0.717, 1.165) is 12.8 Å². The summed E-state index contributed by atoms with van der Waals surface area (Å²) in [4.78, 5) is 0. The monoisotopic (exact) mass is 205 g/mol. The van der Waals surface area contributed by atoms with E-state index in [1.54, 1.807) is 6.08 Å². The summed E-state index contributed by atoms with van der Waals surface area (Å²) in [5.41, 5.74) is 0. The number of allylic oxidation sites excluding steroid dienone is 5. The molecule has 0 aliphatic rings. The lowest BCUT2D eigenvalue weighted by atomic mass is 10.1. The van der Waals surface area contributed by atoms with Crippen LogP contribution in [0.4, 0.5) is 0 Å². The number of unbranched alkanes of at least 4 members (excludes halogenated alkanes) is 6. The maximum Gasteiger partial charge on any atom is -0.0313 e. The van der Waals surface area contributed by atoms with Gasteiger partial charge >= 0.3 is 0 Å². The summed E-state index contributed by atoms with van der Waals surface area (Å²) in [5, 5.41) is 0. The zero-order chi connectivity index (χ0) is 11.2. The Morgan fingerprint density at radius 2 is 1.47 bits per heavy atom. The first-order valence-electron chi connectivity index (χ1n) is 6.27. The number of rotatable bonds is 10. The molecule has 0 saturated heterocycles. The van der Waals surface area contributed by atoms with Gasteiger partial charge in [-0.15, -0.1) is 0 Å². The van der Waals surface area contributed by atoms with Crippen molar-refractivity contribution in [2.75, 3.05) is 0 Å². The van der Waals surface area contributed by atoms with Gasteiger partial charge in [0.25, 0.3) is 0 Å². The lowest BCUT2D eigenvalue weighted by molar-refractivity contribution is 0.637. The van der Waals surface area contributed by atoms with Crippen molar-refractivity contribution in [3.8, 4) is 0 Å². The van der Waals surface area contributed by atoms with Crippen molar-refractivity contribution in [2.24, 2.45) is 0 Å². The fourth-order valence-corrected chi connectivity index (χ4v) is 1.41. The molecule has 0 aliphatic heterocycles. The minimum absolute atomic E-state index is 0.974. The molecular formula is C15H25. The Bertz CT molecular complexity index is 174. The van der Waals surface area contributed by atoms with Crippen molar-refractivity contribution in [1.82, 2.24) is 0 Å². The predicted octanol–water partition coefficient (Wildman–Crippen LogP) is 5.23. The van der Waals surface area contributed by atoms with Gasteiger partial charge in [-0.25, -0.2) is 0 Å². The standard InChI is InChI=1S/C15H25/c1-3-5-7-9-11-13-15-14-12-10-8-6-4-2/h1,3,9,11,13,15H,4-8,10,12,14H2,2H3. The fourth-order valence-electron chi connectivity index (χ4n) is 1.41. The van der Waals surface area contributed by atoms with Crippen LogP contribution in [0.2, 0.25) is 0 Å². The van der Waals surface area contributed by atoms with Crippen LogP contribution in [0, 0.1) is 6.58 Å². The average Bonchev–Trinajstić information content (AvgIpc) is 2.26. The van der Waals surface area contributed by atoms with Crippen LogP contribution >= 0.6 is 0 Å². The van der Waals surface area contributed by atoms with Gasteiger partial charge in [-0.1, -0.05) is 69.6 Å². The molecule has 15 heavy (non-hydrogen) atoms. The molecule has 0 aromatic carbocycles. The summed E-state index contributed by atoms with van der Waals surface area (Å²) in [5.74, 6) is 0. The summed E-state index contributed by atoms with van der Waals surface area (Å²) in [6.45, 7) is 7.53. The van der Waals surface area contributed by atoms with E-state index >= 15 is 0 Å². The second-order valence-electron chi connectivity index (χ2n) is 3.87. The van der Waals surface area contributed by atoms with Gasteiger partial charge in [0.1, 0.15) is 0 Å². The van der Waals surface area contributed by atoms with Crippen molar-refractivity contribution in [3.05, 3.63) is 37.0 Å². The van der Waals surface area contributed by atoms with Gasteiger partial charge < -0.3 is 0 Å². The highest BCUT2D eigenvalue weighted by molar-refractivity contribution is 5.02. The van der Waals surface area contributed by atoms with E-state index in [-0.39, 0.29) is 0 Å². The van der Waals surface area contributed by atoms with Crippen molar-refractivity contribution in [2.45, 2.75) is 58.3 Å². The number of hydrogen-bond acceptors (Lipinski definition) is 0. The van der Waals surface area contributed by atoms with Crippen LogP contribution in [0.15, 0.2) is 30.4 Å². The molecule has 0 heterocycles. The van der Waals surface area contributed by atoms with E-state index in [1.165, 1.54) is 38.5 Å². The SMILES string of the molecule is [CH]=CCCC=CC=CCCCCCCC. The molecule has 0 rings (SSSR count). The molecule has 0 bridgehead atoms. The summed E-state index contributed by atoms with van der Waals surface area (Å²) in [6, 6.07) is 0. The Kier molecular flexibility index (Phi) is 12.5. The predicted molar refractivity (Wildman–Crippen MR) is 69.8 cm³/mol. The third-order valence-electron chi connectivity index (χ3n) is 2.36. The van der Waals surface area contributed by atoms with Gasteiger partial charge in [-0.05, 0) is 25.7 Å². The first-order chi connectivity index (χ1) is 7.41. The molecule has 0 unspecified atom stereocenters. The van der Waals surface area contributed by atoms with Crippen LogP contribution in [0.25, 0.3) is 0 Å². The molecule has 0 nitrogen and oxygen atoms in total. The molecule has 0 atom stereocenters. The lowest BCUT2D eigenvalue weighted by Crippen LogP contribution is -1.75. The lowest BCUT2D eigenvalue weighted by Gasteiger charge is -1.95. The van der Waals surface area contributed by atoms with Crippen LogP contribution in [0.3, 0.4) is 0 Å². The maximum absolute atomic E-state index is 5.27. The highest BCUT2D eigenvalue weighted by Gasteiger charge is 1.85. The molecule has 0 spiro atoms. The first-order valence-corrected chi connectivity index (χ1v) is 6.27. The molecule has 0 aromatic rings. The molecule has 0 saturated carbocycles. The smallest absolute Gasteiger partial charge is 0.0313 e. The van der Waals surface area contributed by atoms with Crippen molar-refractivity contribution < 1.29 is 0 Å². The van der Waals surface area contributed by atoms with E-state index in [4.69, 9.17) is 6.58 Å². The molecule has 0 N–H and O–H groups in total. The minimum atomic E-state index is 0.974. The summed E-state index contributed by atoms with van der Waals surface area (Å²) < 4.78 is 0. The van der Waals surface area contributed by atoms with E-state index in [2.05, 4.69) is 31.2 Å². The molecule has 0 amide bonds. The van der Waals surface area contributed by atoms with E-state index < -0.39 is 0 Å². The molecule has 0 aliphatic carbocycles. The number of hydrogen-bond donors (Lipinski definition) is 0. The topological polar surface area (TPSA) is 0 Å². The third-order valence-corrected chi connectivity index (χ3v) is 2.36. The Balaban J connectivity index is 3.16. The van der Waals surface area contributed by atoms with Crippen LogP contribution in [-0.2, 0) is 0 Å². The third kappa shape index (κ3) is 13.2. The molecule has 85 valence electrons. The summed E-state index contributed by atoms with van der Waals surface area (Å²) in [6.07, 6.45) is 20.5. The minimum Gasteiger partial charge on any atom is -0.0845 e. The van der Waals surface area contributed by atoms with Crippen LogP contribution in [-0.4, -0.2) is 0 Å². The quantitative estimate of drug-likeness (QED) is 0.338. The zero-order valence-corrected chi connectivity index (χ0v) is 10.1. The van der Waals surface area contributed by atoms with E-state index in [0.29, 0.717) is 0 Å². The second-order valence-corrected chi connectivity index (χ2v) is 3.87. The van der Waals surface area contributed by atoms with Gasteiger partial charge in [0.2, 0.25) is 0 Å². The molecule has 0 aromatic heterocycles. The second kappa shape index (κ2) is 13.2. The van der Waals surface area contributed by atoms with Gasteiger partial charge in [-0.2, -0.15) is 0 Å². The Labute approximate surface area is 95.8 Å². The summed E-state index contributed by atoms with van der Waals surface area (Å²) >= 11 is 0. The Hall–Kier alpha value is -0.780. The van der Waals surface area contributed by atoms with E-state index in [9.17, 15) is 0 Å². The zero-order valence-electron chi connectivity index (χ0n) is 10.1. The Morgan fingerprint density at radius 3 is 2.13 bits per heavy atom. The average molecular weight is 205 g/mol. The molecule has 1 radical (unpaired) electrons. The largest absolute Gasteiger partial charge is 0.0845 e. The van der Waals surface area contributed by atoms with Crippen molar-refractivity contribution in [3.63, 3.8) is 0 Å². The van der Waals surface area contributed by atoms with Gasteiger partial charge in [0.05, 0.1) is 0 Å². The molecule has 0 fully saturated rings. The van der Waals surface area contributed by atoms with Crippen LogP contribution < -0.4 is 0 Å². The van der Waals surface area contributed by atoms with Gasteiger partial charge in [0.15, 0.2) is 0 Å². The molecular weight excluding hydrogens is 180 g/mol. The van der Waals surface area contributed by atoms with Gasteiger partial charge in [-0.3, -0.25) is 0 Å². The van der Waals surface area contributed by atoms with Crippen LogP contribution in [0.5, 0.6) is 0 Å². The van der Waals surface area contributed by atoms with Crippen molar-refractivity contribution in [1.29, 1.82) is 0 Å². The van der Waals surface area contributed by atoms with E-state index in [1.807, 2.05) is 0 Å². The highest BCUT2D eigenvalue weighted by Crippen LogP contribution is 2.05. The fraction of sp³-hybridized carbons (Fsp3) is 0.600. The van der Waals surface area contributed by atoms with Crippen molar-refractivity contribution >= 4 is 0 Å². The summed E-state index contributed by atoms with van der Waals surface area (Å²) in [7, 11) is 0. The Morgan fingerprint density at radius 1 is 0.800 bits per heavy atom. The normalized spacial score (nSPS) is 11.5. The highest BCUT2D eigenvalue weighted by atomic mass is 13.9. The molecule has 0 heteroatoms. The maximum atomic E-state index is 5.27. The van der Waals surface area contributed by atoms with Gasteiger partial charge in [0, 0.05) is 0 Å². The van der Waals surface area contributed by atoms with Crippen LogP contribution in [0.1, 0.15) is 58.3 Å².